The molecule has 0 spiro atoms. The molecular formula is C21H19N3O3. The zero-order valence-electron chi connectivity index (χ0n) is 14.9. The second-order valence-corrected chi connectivity index (χ2v) is 6.38. The van der Waals surface area contributed by atoms with Gasteiger partial charge in [-0.05, 0) is 40.5 Å². The largest absolute Gasteiger partial charge is 0.385 e. The van der Waals surface area contributed by atoms with Gasteiger partial charge in [0.2, 0.25) is 0 Å². The van der Waals surface area contributed by atoms with Crippen molar-refractivity contribution in [3.05, 3.63) is 75.6 Å². The number of rotatable bonds is 5. The van der Waals surface area contributed by atoms with Crippen LogP contribution in [0.1, 0.15) is 6.42 Å². The van der Waals surface area contributed by atoms with Gasteiger partial charge >= 0.3 is 5.69 Å². The third-order valence-corrected chi connectivity index (χ3v) is 4.67. The molecule has 0 aliphatic heterocycles. The normalized spacial score (nSPS) is 11.3. The summed E-state index contributed by atoms with van der Waals surface area (Å²) in [6, 6.07) is 15.9. The van der Waals surface area contributed by atoms with Crippen molar-refractivity contribution in [1.82, 2.24) is 14.5 Å². The Bertz CT molecular complexity index is 1240. The summed E-state index contributed by atoms with van der Waals surface area (Å²) in [7, 11) is 1.61. The molecule has 0 aliphatic carbocycles. The van der Waals surface area contributed by atoms with Crippen LogP contribution in [0.3, 0.4) is 0 Å². The van der Waals surface area contributed by atoms with Gasteiger partial charge in [0.05, 0.1) is 5.39 Å². The van der Waals surface area contributed by atoms with Gasteiger partial charge in [0.15, 0.2) is 0 Å². The molecule has 6 nitrogen and oxygen atoms in total. The van der Waals surface area contributed by atoms with Gasteiger partial charge in [-0.25, -0.2) is 9.78 Å². The first-order valence-electron chi connectivity index (χ1n) is 8.79. The summed E-state index contributed by atoms with van der Waals surface area (Å²) < 4.78 is 6.57. The molecule has 4 rings (SSSR count). The summed E-state index contributed by atoms with van der Waals surface area (Å²) >= 11 is 0. The highest BCUT2D eigenvalue weighted by atomic mass is 16.5. The van der Waals surface area contributed by atoms with Gasteiger partial charge in [-0.3, -0.25) is 14.3 Å². The number of nitrogens with zero attached hydrogens (tertiary/aromatic N) is 2. The van der Waals surface area contributed by atoms with Crippen LogP contribution in [-0.2, 0) is 11.3 Å². The number of hydrogen-bond acceptors (Lipinski definition) is 4. The fourth-order valence-corrected chi connectivity index (χ4v) is 3.37. The molecule has 0 atom stereocenters. The zero-order chi connectivity index (χ0) is 18.8. The Labute approximate surface area is 155 Å². The predicted molar refractivity (Wildman–Crippen MR) is 106 cm³/mol. The number of fused-ring (bicyclic) bond motifs is 2. The predicted octanol–water partition coefficient (Wildman–Crippen LogP) is 2.94. The van der Waals surface area contributed by atoms with E-state index < -0.39 is 11.2 Å². The molecule has 6 heteroatoms. The Balaban J connectivity index is 1.94. The van der Waals surface area contributed by atoms with Crippen LogP contribution < -0.4 is 11.2 Å². The van der Waals surface area contributed by atoms with E-state index in [9.17, 15) is 9.59 Å². The van der Waals surface area contributed by atoms with Gasteiger partial charge in [0.1, 0.15) is 5.65 Å². The lowest BCUT2D eigenvalue weighted by Crippen LogP contribution is -2.31. The monoisotopic (exact) mass is 361 g/mol. The van der Waals surface area contributed by atoms with Crippen molar-refractivity contribution in [3.63, 3.8) is 0 Å². The van der Waals surface area contributed by atoms with E-state index in [1.165, 1.54) is 4.57 Å². The van der Waals surface area contributed by atoms with Gasteiger partial charge in [-0.1, -0.05) is 36.4 Å². The SMILES string of the molecule is COCCCn1c(=O)[nH]c(=O)c2c(-c3ccc4ccccc4c3)ccnc21. The van der Waals surface area contributed by atoms with Crippen LogP contribution in [0.15, 0.2) is 64.3 Å². The van der Waals surface area contributed by atoms with Gasteiger partial charge in [0.25, 0.3) is 5.56 Å². The fraction of sp³-hybridized carbons (Fsp3) is 0.190. The van der Waals surface area contributed by atoms with Gasteiger partial charge in [-0.15, -0.1) is 0 Å². The van der Waals surface area contributed by atoms with Gasteiger partial charge < -0.3 is 4.74 Å². The topological polar surface area (TPSA) is 77.0 Å². The maximum Gasteiger partial charge on any atom is 0.329 e. The first-order valence-corrected chi connectivity index (χ1v) is 8.79. The molecular weight excluding hydrogens is 342 g/mol. The molecule has 0 amide bonds. The molecule has 2 aromatic carbocycles. The van der Waals surface area contributed by atoms with E-state index in [4.69, 9.17) is 4.74 Å². The van der Waals surface area contributed by atoms with Gasteiger partial charge in [-0.2, -0.15) is 0 Å². The molecule has 1 N–H and O–H groups in total. The minimum absolute atomic E-state index is 0.394. The Morgan fingerprint density at radius 3 is 2.70 bits per heavy atom. The highest BCUT2D eigenvalue weighted by Gasteiger charge is 2.14. The van der Waals surface area contributed by atoms with Crippen LogP contribution in [0.5, 0.6) is 0 Å². The van der Waals surface area contributed by atoms with Crippen molar-refractivity contribution in [2.24, 2.45) is 0 Å². The van der Waals surface area contributed by atoms with E-state index in [2.05, 4.69) is 9.97 Å². The average Bonchev–Trinajstić information content (AvgIpc) is 2.69. The van der Waals surface area contributed by atoms with E-state index in [-0.39, 0.29) is 0 Å². The Morgan fingerprint density at radius 1 is 1.07 bits per heavy atom. The Morgan fingerprint density at radius 2 is 1.89 bits per heavy atom. The second kappa shape index (κ2) is 7.17. The quantitative estimate of drug-likeness (QED) is 0.555. The lowest BCUT2D eigenvalue weighted by atomic mass is 10.00. The molecule has 0 fully saturated rings. The van der Waals surface area contributed by atoms with Crippen LogP contribution >= 0.6 is 0 Å². The highest BCUT2D eigenvalue weighted by Crippen LogP contribution is 2.27. The number of nitrogens with one attached hydrogen (secondary N) is 1. The number of hydrogen-bond donors (Lipinski definition) is 1. The second-order valence-electron chi connectivity index (χ2n) is 6.38. The molecule has 136 valence electrons. The number of benzene rings is 2. The maximum absolute atomic E-state index is 12.6. The van der Waals surface area contributed by atoms with Crippen molar-refractivity contribution < 1.29 is 4.74 Å². The molecule has 0 saturated carbocycles. The lowest BCUT2D eigenvalue weighted by Gasteiger charge is -2.11. The molecule has 0 radical (unpaired) electrons. The zero-order valence-corrected chi connectivity index (χ0v) is 14.9. The first kappa shape index (κ1) is 17.2. The summed E-state index contributed by atoms with van der Waals surface area (Å²) in [5.74, 6) is 0. The summed E-state index contributed by atoms with van der Waals surface area (Å²) in [5, 5.41) is 2.64. The third-order valence-electron chi connectivity index (χ3n) is 4.67. The molecule has 2 heterocycles. The summed E-state index contributed by atoms with van der Waals surface area (Å²) in [6.45, 7) is 0.950. The van der Waals surface area contributed by atoms with Crippen LogP contribution in [0.4, 0.5) is 0 Å². The molecule has 0 unspecified atom stereocenters. The van der Waals surface area contributed by atoms with Crippen molar-refractivity contribution in [2.45, 2.75) is 13.0 Å². The van der Waals surface area contributed by atoms with Crippen LogP contribution in [0.2, 0.25) is 0 Å². The first-order chi connectivity index (χ1) is 13.2. The minimum atomic E-state index is -0.452. The summed E-state index contributed by atoms with van der Waals surface area (Å²) in [4.78, 5) is 31.7. The van der Waals surface area contributed by atoms with E-state index in [0.717, 1.165) is 21.9 Å². The molecule has 0 saturated heterocycles. The Kier molecular flexibility index (Phi) is 4.56. The van der Waals surface area contributed by atoms with E-state index >= 15 is 0 Å². The highest BCUT2D eigenvalue weighted by molar-refractivity contribution is 5.95. The number of aromatic amines is 1. The van der Waals surface area contributed by atoms with E-state index in [1.54, 1.807) is 13.3 Å². The summed E-state index contributed by atoms with van der Waals surface area (Å²) in [6.07, 6.45) is 2.29. The van der Waals surface area contributed by atoms with Crippen molar-refractivity contribution in [1.29, 1.82) is 0 Å². The number of pyridine rings is 1. The average molecular weight is 361 g/mol. The Hall–Kier alpha value is -3.25. The molecule has 0 bridgehead atoms. The number of aryl methyl sites for hydroxylation is 1. The lowest BCUT2D eigenvalue weighted by molar-refractivity contribution is 0.190. The van der Waals surface area contributed by atoms with Crippen molar-refractivity contribution in [2.75, 3.05) is 13.7 Å². The van der Waals surface area contributed by atoms with Crippen molar-refractivity contribution >= 4 is 21.8 Å². The summed E-state index contributed by atoms with van der Waals surface area (Å²) in [5.41, 5.74) is 1.19. The molecule has 0 aliphatic rings. The molecule has 27 heavy (non-hydrogen) atoms. The fourth-order valence-electron chi connectivity index (χ4n) is 3.37. The number of aromatic nitrogens is 3. The third kappa shape index (κ3) is 3.15. The standard InChI is InChI=1S/C21H19N3O3/c1-27-12-4-11-24-19-18(20(25)23-21(24)26)17(9-10-22-19)16-8-7-14-5-2-3-6-15(14)13-16/h2-3,5-10,13H,4,11-12H2,1H3,(H,23,25,26). The van der Waals surface area contributed by atoms with Crippen LogP contribution in [0, 0.1) is 0 Å². The molecule has 2 aromatic heterocycles. The van der Waals surface area contributed by atoms with E-state index in [1.807, 2.05) is 48.5 Å². The van der Waals surface area contributed by atoms with Gasteiger partial charge in [0, 0.05) is 26.5 Å². The number of H-pyrrole nitrogens is 1. The number of methoxy groups -OCH3 is 1. The van der Waals surface area contributed by atoms with Crippen LogP contribution in [0.25, 0.3) is 32.9 Å². The molecule has 4 aromatic rings. The smallest absolute Gasteiger partial charge is 0.329 e. The van der Waals surface area contributed by atoms with E-state index in [0.29, 0.717) is 30.6 Å². The maximum atomic E-state index is 12.6. The minimum Gasteiger partial charge on any atom is -0.385 e. The van der Waals surface area contributed by atoms with Crippen molar-refractivity contribution in [3.8, 4) is 11.1 Å². The number of ether oxygens (including phenoxy) is 1. The van der Waals surface area contributed by atoms with Crippen LogP contribution in [-0.4, -0.2) is 28.3 Å².